The van der Waals surface area contributed by atoms with Crippen LogP contribution in [0.4, 0.5) is 14.5 Å². The first-order valence-corrected chi connectivity index (χ1v) is 6.13. The van der Waals surface area contributed by atoms with Crippen molar-refractivity contribution in [2.45, 2.75) is 6.42 Å². The van der Waals surface area contributed by atoms with Gasteiger partial charge in [0.1, 0.15) is 11.6 Å². The van der Waals surface area contributed by atoms with Crippen LogP contribution >= 0.6 is 0 Å². The maximum Gasteiger partial charge on any atom is 0.304 e. The van der Waals surface area contributed by atoms with Crippen molar-refractivity contribution in [2.75, 3.05) is 10.5 Å². The number of rotatable bonds is 5. The molecule has 1 rings (SSSR count). The fraction of sp³-hybridized carbons (Fsp3) is 0.222. The first-order chi connectivity index (χ1) is 7.80. The molecule has 0 heterocycles. The zero-order valence-corrected chi connectivity index (χ0v) is 9.30. The molecule has 0 aromatic heterocycles. The predicted molar refractivity (Wildman–Crippen MR) is 56.0 cm³/mol. The number of sulfonamides is 1. The van der Waals surface area contributed by atoms with Gasteiger partial charge in [-0.15, -0.1) is 0 Å². The molecule has 0 saturated heterocycles. The summed E-state index contributed by atoms with van der Waals surface area (Å²) in [5.74, 6) is -3.87. The Labute approximate surface area is 96.1 Å². The number of carboxylic acid groups (broad SMARTS) is 1. The van der Waals surface area contributed by atoms with E-state index in [1.165, 1.54) is 0 Å². The molecule has 0 aliphatic heterocycles. The number of carbonyl (C=O) groups is 1. The molecule has 0 aliphatic rings. The van der Waals surface area contributed by atoms with E-state index in [1.54, 1.807) is 0 Å². The van der Waals surface area contributed by atoms with Gasteiger partial charge in [0.15, 0.2) is 0 Å². The average Bonchev–Trinajstić information content (AvgIpc) is 2.20. The van der Waals surface area contributed by atoms with Gasteiger partial charge in [-0.05, 0) is 12.1 Å². The molecular weight excluding hydrogens is 256 g/mol. The Kier molecular flexibility index (Phi) is 4.00. The highest BCUT2D eigenvalue weighted by Gasteiger charge is 2.15. The maximum atomic E-state index is 13.1. The summed E-state index contributed by atoms with van der Waals surface area (Å²) in [6.45, 7) is 0. The summed E-state index contributed by atoms with van der Waals surface area (Å²) in [4.78, 5) is 10.2. The molecule has 0 aliphatic carbocycles. The van der Waals surface area contributed by atoms with Crippen LogP contribution in [-0.4, -0.2) is 25.2 Å². The van der Waals surface area contributed by atoms with Gasteiger partial charge in [0.2, 0.25) is 10.0 Å². The van der Waals surface area contributed by atoms with Crippen LogP contribution in [0.15, 0.2) is 18.2 Å². The molecule has 0 radical (unpaired) electrons. The normalized spacial score (nSPS) is 11.2. The number of carboxylic acids is 1. The summed E-state index contributed by atoms with van der Waals surface area (Å²) in [6.07, 6.45) is -0.599. The number of benzene rings is 1. The Morgan fingerprint density at radius 3 is 2.53 bits per heavy atom. The van der Waals surface area contributed by atoms with Crippen LogP contribution in [-0.2, 0) is 14.8 Å². The van der Waals surface area contributed by atoms with E-state index in [1.807, 2.05) is 4.72 Å². The maximum absolute atomic E-state index is 13.1. The lowest BCUT2D eigenvalue weighted by Crippen LogP contribution is -2.19. The number of hydrogen-bond donors (Lipinski definition) is 2. The van der Waals surface area contributed by atoms with E-state index in [0.717, 1.165) is 12.1 Å². The highest BCUT2D eigenvalue weighted by atomic mass is 32.2. The third kappa shape index (κ3) is 4.35. The predicted octanol–water partition coefficient (Wildman–Crippen LogP) is 1.18. The van der Waals surface area contributed by atoms with Gasteiger partial charge in [-0.25, -0.2) is 17.2 Å². The number of nitrogens with one attached hydrogen (secondary N) is 1. The molecule has 5 nitrogen and oxygen atoms in total. The van der Waals surface area contributed by atoms with E-state index in [4.69, 9.17) is 5.11 Å². The molecular formula is C9H9F2NO4S. The third-order valence-electron chi connectivity index (χ3n) is 1.78. The van der Waals surface area contributed by atoms with Crippen molar-refractivity contribution < 1.29 is 27.1 Å². The van der Waals surface area contributed by atoms with Crippen molar-refractivity contribution in [1.29, 1.82) is 0 Å². The first kappa shape index (κ1) is 13.4. The standard InChI is InChI=1S/C9H9F2NO4S/c10-6-1-2-8(7(11)5-6)12-17(15,16)4-3-9(13)14/h1-2,5,12H,3-4H2,(H,13,14). The van der Waals surface area contributed by atoms with Crippen LogP contribution in [0, 0.1) is 11.6 Å². The Morgan fingerprint density at radius 2 is 2.00 bits per heavy atom. The van der Waals surface area contributed by atoms with Crippen molar-refractivity contribution in [3.05, 3.63) is 29.8 Å². The lowest BCUT2D eigenvalue weighted by atomic mass is 10.3. The van der Waals surface area contributed by atoms with Gasteiger partial charge in [-0.2, -0.15) is 0 Å². The van der Waals surface area contributed by atoms with Crippen LogP contribution in [0.1, 0.15) is 6.42 Å². The van der Waals surface area contributed by atoms with Crippen molar-refractivity contribution in [1.82, 2.24) is 0 Å². The molecule has 0 atom stereocenters. The van der Waals surface area contributed by atoms with Gasteiger partial charge >= 0.3 is 5.97 Å². The Hall–Kier alpha value is -1.70. The highest BCUT2D eigenvalue weighted by molar-refractivity contribution is 7.92. The Morgan fingerprint density at radius 1 is 1.35 bits per heavy atom. The van der Waals surface area contributed by atoms with Gasteiger partial charge in [0.05, 0.1) is 17.9 Å². The lowest BCUT2D eigenvalue weighted by molar-refractivity contribution is -0.136. The molecule has 1 aromatic rings. The summed E-state index contributed by atoms with van der Waals surface area (Å²) in [5.41, 5.74) is -0.420. The number of anilines is 1. The van der Waals surface area contributed by atoms with Gasteiger partial charge < -0.3 is 5.11 Å². The molecule has 0 bridgehead atoms. The lowest BCUT2D eigenvalue weighted by Gasteiger charge is -2.07. The van der Waals surface area contributed by atoms with E-state index in [9.17, 15) is 22.0 Å². The van der Waals surface area contributed by atoms with Gasteiger partial charge in [-0.1, -0.05) is 0 Å². The zero-order chi connectivity index (χ0) is 13.1. The van der Waals surface area contributed by atoms with Gasteiger partial charge in [0, 0.05) is 6.07 Å². The quantitative estimate of drug-likeness (QED) is 0.837. The summed E-state index contributed by atoms with van der Waals surface area (Å²) in [6, 6.07) is 2.33. The minimum atomic E-state index is -3.96. The van der Waals surface area contributed by atoms with Gasteiger partial charge in [0.25, 0.3) is 0 Å². The molecule has 0 spiro atoms. The van der Waals surface area contributed by atoms with Crippen LogP contribution in [0.3, 0.4) is 0 Å². The summed E-state index contributed by atoms with van der Waals surface area (Å²) < 4.78 is 50.1. The van der Waals surface area contributed by atoms with Crippen molar-refractivity contribution in [2.24, 2.45) is 0 Å². The minimum Gasteiger partial charge on any atom is -0.481 e. The number of aliphatic carboxylic acids is 1. The van der Waals surface area contributed by atoms with E-state index >= 15 is 0 Å². The molecule has 0 amide bonds. The van der Waals surface area contributed by atoms with Crippen LogP contribution in [0.5, 0.6) is 0 Å². The van der Waals surface area contributed by atoms with E-state index in [-0.39, 0.29) is 0 Å². The van der Waals surface area contributed by atoms with Crippen molar-refractivity contribution in [3.8, 4) is 0 Å². The number of hydrogen-bond acceptors (Lipinski definition) is 3. The minimum absolute atomic E-state index is 0.420. The fourth-order valence-corrected chi connectivity index (χ4v) is 2.06. The molecule has 94 valence electrons. The summed E-state index contributed by atoms with van der Waals surface area (Å²) in [7, 11) is -3.96. The second-order valence-electron chi connectivity index (χ2n) is 3.19. The molecule has 0 fully saturated rings. The third-order valence-corrected chi connectivity index (χ3v) is 3.05. The smallest absolute Gasteiger partial charge is 0.304 e. The molecule has 0 saturated carbocycles. The Bertz CT molecular complexity index is 530. The largest absolute Gasteiger partial charge is 0.481 e. The molecule has 0 unspecified atom stereocenters. The van der Waals surface area contributed by atoms with E-state index < -0.39 is 45.5 Å². The topological polar surface area (TPSA) is 83.5 Å². The first-order valence-electron chi connectivity index (χ1n) is 4.47. The van der Waals surface area contributed by atoms with E-state index in [2.05, 4.69) is 0 Å². The van der Waals surface area contributed by atoms with Crippen LogP contribution in [0.25, 0.3) is 0 Å². The van der Waals surface area contributed by atoms with Crippen LogP contribution < -0.4 is 4.72 Å². The highest BCUT2D eigenvalue weighted by Crippen LogP contribution is 2.16. The molecule has 8 heteroatoms. The monoisotopic (exact) mass is 265 g/mol. The summed E-state index contributed by atoms with van der Waals surface area (Å²) in [5, 5.41) is 8.32. The second kappa shape index (κ2) is 5.09. The zero-order valence-electron chi connectivity index (χ0n) is 8.48. The van der Waals surface area contributed by atoms with E-state index in [0.29, 0.717) is 6.07 Å². The Balaban J connectivity index is 2.79. The SMILES string of the molecule is O=C(O)CCS(=O)(=O)Nc1ccc(F)cc1F. The molecule has 1 aromatic carbocycles. The average molecular weight is 265 g/mol. The van der Waals surface area contributed by atoms with Crippen molar-refractivity contribution in [3.63, 3.8) is 0 Å². The number of halogens is 2. The second-order valence-corrected chi connectivity index (χ2v) is 5.03. The van der Waals surface area contributed by atoms with Crippen LogP contribution in [0.2, 0.25) is 0 Å². The molecule has 2 N–H and O–H groups in total. The molecule has 17 heavy (non-hydrogen) atoms. The van der Waals surface area contributed by atoms with Gasteiger partial charge in [-0.3, -0.25) is 9.52 Å². The summed E-state index contributed by atoms with van der Waals surface area (Å²) >= 11 is 0. The van der Waals surface area contributed by atoms with Crippen molar-refractivity contribution >= 4 is 21.7 Å². The fourth-order valence-electron chi connectivity index (χ4n) is 1.01.